The second kappa shape index (κ2) is 5.68. The minimum Gasteiger partial charge on any atom is -0.378 e. The van der Waals surface area contributed by atoms with E-state index in [-0.39, 0.29) is 22.8 Å². The fourth-order valence-corrected chi connectivity index (χ4v) is 1.81. The van der Waals surface area contributed by atoms with Crippen LogP contribution in [0.25, 0.3) is 0 Å². The molecule has 2 nitrogen and oxygen atoms in total. The summed E-state index contributed by atoms with van der Waals surface area (Å²) < 4.78 is 27.4. The summed E-state index contributed by atoms with van der Waals surface area (Å²) in [5.74, 6) is -1.18. The molecule has 0 bridgehead atoms. The molecule has 0 aliphatic heterocycles. The van der Waals surface area contributed by atoms with Crippen molar-refractivity contribution in [2.75, 3.05) is 5.32 Å². The molecule has 5 heteroatoms. The number of anilines is 1. The van der Waals surface area contributed by atoms with E-state index in [9.17, 15) is 8.78 Å². The van der Waals surface area contributed by atoms with Crippen molar-refractivity contribution < 1.29 is 8.78 Å². The van der Waals surface area contributed by atoms with Crippen LogP contribution in [0.1, 0.15) is 11.1 Å². The normalized spacial score (nSPS) is 10.0. The molecule has 0 saturated heterocycles. The van der Waals surface area contributed by atoms with Crippen molar-refractivity contribution in [3.8, 4) is 6.07 Å². The Labute approximate surface area is 114 Å². The van der Waals surface area contributed by atoms with Crippen molar-refractivity contribution in [1.82, 2.24) is 0 Å². The Balaban J connectivity index is 2.20. The molecule has 0 atom stereocenters. The van der Waals surface area contributed by atoms with E-state index in [1.54, 1.807) is 18.2 Å². The van der Waals surface area contributed by atoms with Gasteiger partial charge in [0.2, 0.25) is 0 Å². The summed E-state index contributed by atoms with van der Waals surface area (Å²) in [6, 6.07) is 10.8. The van der Waals surface area contributed by atoms with Crippen LogP contribution in [-0.2, 0) is 6.54 Å². The van der Waals surface area contributed by atoms with E-state index in [0.29, 0.717) is 5.56 Å². The number of hydrogen-bond donors (Lipinski definition) is 1. The van der Waals surface area contributed by atoms with E-state index >= 15 is 0 Å². The maximum Gasteiger partial charge on any atom is 0.164 e. The minimum atomic E-state index is -0.597. The summed E-state index contributed by atoms with van der Waals surface area (Å²) in [7, 11) is 0. The van der Waals surface area contributed by atoms with Crippen molar-refractivity contribution in [3.63, 3.8) is 0 Å². The molecule has 96 valence electrons. The third-order valence-corrected chi connectivity index (χ3v) is 2.91. The highest BCUT2D eigenvalue weighted by atomic mass is 35.5. The van der Waals surface area contributed by atoms with E-state index in [1.165, 1.54) is 24.3 Å². The molecule has 0 saturated carbocycles. The Bertz CT molecular complexity index is 650. The second-order valence-corrected chi connectivity index (χ2v) is 4.25. The van der Waals surface area contributed by atoms with Gasteiger partial charge in [0.05, 0.1) is 16.3 Å². The first-order chi connectivity index (χ1) is 9.13. The molecule has 0 aliphatic rings. The molecule has 0 radical (unpaired) electrons. The quantitative estimate of drug-likeness (QED) is 0.917. The van der Waals surface area contributed by atoms with E-state index in [0.717, 1.165) is 0 Å². The van der Waals surface area contributed by atoms with E-state index in [1.807, 2.05) is 0 Å². The number of nitriles is 1. The van der Waals surface area contributed by atoms with Crippen LogP contribution >= 0.6 is 11.6 Å². The largest absolute Gasteiger partial charge is 0.378 e. The summed E-state index contributed by atoms with van der Waals surface area (Å²) in [5.41, 5.74) is 0.443. The number of nitrogens with zero attached hydrogens (tertiary/aromatic N) is 1. The van der Waals surface area contributed by atoms with Gasteiger partial charge in [0.15, 0.2) is 5.82 Å². The fraction of sp³-hybridized carbons (Fsp3) is 0.0714. The first-order valence-electron chi connectivity index (χ1n) is 5.49. The van der Waals surface area contributed by atoms with Gasteiger partial charge in [0.25, 0.3) is 0 Å². The van der Waals surface area contributed by atoms with E-state index in [2.05, 4.69) is 5.32 Å². The lowest BCUT2D eigenvalue weighted by Gasteiger charge is -2.09. The van der Waals surface area contributed by atoms with Gasteiger partial charge in [-0.05, 0) is 18.2 Å². The molecule has 2 rings (SSSR count). The standard InChI is InChI=1S/C14H9ClF2N2/c15-11-5-2-6-12(14(11)17)19-8-10-4-1-3-9(7-18)13(10)16/h1-6,19H,8H2. The minimum absolute atomic E-state index is 0.00347. The van der Waals surface area contributed by atoms with Gasteiger partial charge in [0.1, 0.15) is 11.9 Å². The molecule has 0 spiro atoms. The van der Waals surface area contributed by atoms with Gasteiger partial charge in [-0.25, -0.2) is 8.78 Å². The summed E-state index contributed by atoms with van der Waals surface area (Å²) in [6.07, 6.45) is 0. The topological polar surface area (TPSA) is 35.8 Å². The third-order valence-electron chi connectivity index (χ3n) is 2.62. The fourth-order valence-electron chi connectivity index (χ4n) is 1.63. The Hall–Kier alpha value is -2.12. The van der Waals surface area contributed by atoms with Crippen LogP contribution < -0.4 is 5.32 Å². The number of nitrogens with one attached hydrogen (secondary N) is 1. The monoisotopic (exact) mass is 278 g/mol. The van der Waals surface area contributed by atoms with Crippen LogP contribution in [0.2, 0.25) is 5.02 Å². The van der Waals surface area contributed by atoms with Crippen molar-refractivity contribution in [2.45, 2.75) is 6.54 Å². The van der Waals surface area contributed by atoms with Crippen LogP contribution in [0.5, 0.6) is 0 Å². The zero-order chi connectivity index (χ0) is 13.8. The first-order valence-corrected chi connectivity index (χ1v) is 5.86. The number of halogens is 3. The molecule has 0 unspecified atom stereocenters. The predicted octanol–water partition coefficient (Wildman–Crippen LogP) is 4.10. The highest BCUT2D eigenvalue weighted by Crippen LogP contribution is 2.23. The Kier molecular flexibility index (Phi) is 3.98. The van der Waals surface area contributed by atoms with Crippen LogP contribution in [0.4, 0.5) is 14.5 Å². The molecular weight excluding hydrogens is 270 g/mol. The summed E-state index contributed by atoms with van der Waals surface area (Å²) in [4.78, 5) is 0. The summed E-state index contributed by atoms with van der Waals surface area (Å²) in [5, 5.41) is 11.5. The highest BCUT2D eigenvalue weighted by Gasteiger charge is 2.09. The molecule has 0 fully saturated rings. The third kappa shape index (κ3) is 2.83. The van der Waals surface area contributed by atoms with Gasteiger partial charge in [-0.3, -0.25) is 0 Å². The average molecular weight is 279 g/mol. The zero-order valence-electron chi connectivity index (χ0n) is 9.75. The average Bonchev–Trinajstić information content (AvgIpc) is 2.42. The van der Waals surface area contributed by atoms with Gasteiger partial charge in [0, 0.05) is 12.1 Å². The molecule has 0 heterocycles. The van der Waals surface area contributed by atoms with Gasteiger partial charge in [-0.15, -0.1) is 0 Å². The molecule has 2 aromatic carbocycles. The van der Waals surface area contributed by atoms with Gasteiger partial charge in [-0.1, -0.05) is 29.8 Å². The lowest BCUT2D eigenvalue weighted by Crippen LogP contribution is -2.04. The molecule has 1 N–H and O–H groups in total. The van der Waals surface area contributed by atoms with Crippen molar-refractivity contribution in [1.29, 1.82) is 5.26 Å². The number of benzene rings is 2. The summed E-state index contributed by atoms with van der Waals surface area (Å²) >= 11 is 5.64. The molecule has 0 amide bonds. The molecule has 0 aliphatic carbocycles. The van der Waals surface area contributed by atoms with Gasteiger partial charge >= 0.3 is 0 Å². The molecule has 19 heavy (non-hydrogen) atoms. The Morgan fingerprint density at radius 3 is 2.58 bits per heavy atom. The molecule has 0 aromatic heterocycles. The zero-order valence-corrected chi connectivity index (χ0v) is 10.5. The van der Waals surface area contributed by atoms with E-state index < -0.39 is 11.6 Å². The van der Waals surface area contributed by atoms with E-state index in [4.69, 9.17) is 16.9 Å². The van der Waals surface area contributed by atoms with Crippen LogP contribution in [0.3, 0.4) is 0 Å². The smallest absolute Gasteiger partial charge is 0.164 e. The van der Waals surface area contributed by atoms with Crippen molar-refractivity contribution in [3.05, 3.63) is 64.2 Å². The summed E-state index contributed by atoms with van der Waals surface area (Å²) in [6.45, 7) is 0.0681. The van der Waals surface area contributed by atoms with Crippen LogP contribution in [-0.4, -0.2) is 0 Å². The first kappa shape index (κ1) is 13.3. The van der Waals surface area contributed by atoms with Crippen LogP contribution in [0.15, 0.2) is 36.4 Å². The van der Waals surface area contributed by atoms with Gasteiger partial charge in [-0.2, -0.15) is 5.26 Å². The van der Waals surface area contributed by atoms with Crippen molar-refractivity contribution in [2.24, 2.45) is 0 Å². The molecule has 2 aromatic rings. The number of hydrogen-bond acceptors (Lipinski definition) is 2. The second-order valence-electron chi connectivity index (χ2n) is 3.85. The Morgan fingerprint density at radius 1 is 1.11 bits per heavy atom. The number of rotatable bonds is 3. The Morgan fingerprint density at radius 2 is 1.84 bits per heavy atom. The van der Waals surface area contributed by atoms with Gasteiger partial charge < -0.3 is 5.32 Å². The maximum atomic E-state index is 13.8. The predicted molar refractivity (Wildman–Crippen MR) is 69.9 cm³/mol. The maximum absolute atomic E-state index is 13.8. The van der Waals surface area contributed by atoms with Crippen LogP contribution in [0, 0.1) is 23.0 Å². The lowest BCUT2D eigenvalue weighted by molar-refractivity contribution is 0.607. The highest BCUT2D eigenvalue weighted by molar-refractivity contribution is 6.31. The molecular formula is C14H9ClF2N2. The van der Waals surface area contributed by atoms with Crippen molar-refractivity contribution >= 4 is 17.3 Å². The SMILES string of the molecule is N#Cc1cccc(CNc2cccc(Cl)c2F)c1F. The lowest BCUT2D eigenvalue weighted by atomic mass is 10.1.